The number of allylic oxidation sites excluding steroid dienone is 2. The molecule has 4 nitrogen and oxygen atoms in total. The minimum atomic E-state index is -0.00794. The molecule has 4 rings (SSSR count). The summed E-state index contributed by atoms with van der Waals surface area (Å²) in [6, 6.07) is 0. The molecule has 0 aromatic carbocycles. The van der Waals surface area contributed by atoms with E-state index in [9.17, 15) is 9.59 Å². The van der Waals surface area contributed by atoms with Gasteiger partial charge in [-0.2, -0.15) is 0 Å². The third-order valence-electron chi connectivity index (χ3n) is 8.80. The molecule has 0 radical (unpaired) electrons. The van der Waals surface area contributed by atoms with Crippen LogP contribution in [0.25, 0.3) is 0 Å². The van der Waals surface area contributed by atoms with E-state index >= 15 is 0 Å². The number of likely N-dealkylation sites (tertiary alicyclic amines) is 1. The van der Waals surface area contributed by atoms with Crippen molar-refractivity contribution in [3.8, 4) is 0 Å². The van der Waals surface area contributed by atoms with Gasteiger partial charge in [-0.3, -0.25) is 9.59 Å². The van der Waals surface area contributed by atoms with Gasteiger partial charge < -0.3 is 9.64 Å². The number of hydrogen-bond acceptors (Lipinski definition) is 3. The summed E-state index contributed by atoms with van der Waals surface area (Å²) in [4.78, 5) is 26.7. The van der Waals surface area contributed by atoms with Crippen molar-refractivity contribution in [2.75, 3.05) is 14.2 Å². The number of amides is 1. The Morgan fingerprint density at radius 3 is 2.58 bits per heavy atom. The first kappa shape index (κ1) is 18.1. The molecule has 0 spiro atoms. The first-order chi connectivity index (χ1) is 12.2. The van der Waals surface area contributed by atoms with Crippen molar-refractivity contribution in [1.29, 1.82) is 0 Å². The first-order valence-electron chi connectivity index (χ1n) is 10.3. The predicted molar refractivity (Wildman–Crippen MR) is 100.0 cm³/mol. The summed E-state index contributed by atoms with van der Waals surface area (Å²) in [5.41, 5.74) is 2.90. The molecule has 2 saturated carbocycles. The molecular weight excluding hydrogens is 326 g/mol. The molecule has 0 aromatic rings. The van der Waals surface area contributed by atoms with Crippen LogP contribution in [-0.2, 0) is 14.3 Å². The van der Waals surface area contributed by atoms with Crippen LogP contribution in [-0.4, -0.2) is 30.9 Å². The largest absolute Gasteiger partial charge is 0.469 e. The summed E-state index contributed by atoms with van der Waals surface area (Å²) in [7, 11) is 3.50. The van der Waals surface area contributed by atoms with Crippen molar-refractivity contribution in [2.45, 2.75) is 65.7 Å². The molecule has 0 aromatic heterocycles. The molecule has 4 heteroatoms. The fourth-order valence-electron chi connectivity index (χ4n) is 7.64. The van der Waals surface area contributed by atoms with Crippen LogP contribution in [0.1, 0.15) is 65.7 Å². The summed E-state index contributed by atoms with van der Waals surface area (Å²) in [6.07, 6.45) is 7.13. The molecule has 0 unspecified atom stereocenters. The highest BCUT2D eigenvalue weighted by molar-refractivity contribution is 5.80. The van der Waals surface area contributed by atoms with Crippen LogP contribution in [0.4, 0.5) is 0 Å². The zero-order valence-corrected chi connectivity index (χ0v) is 16.9. The molecule has 0 N–H and O–H groups in total. The Hall–Kier alpha value is -1.32. The molecule has 1 saturated heterocycles. The number of ether oxygens (including phenoxy) is 1. The molecule has 3 fully saturated rings. The van der Waals surface area contributed by atoms with Crippen molar-refractivity contribution in [3.63, 3.8) is 0 Å². The number of piperidine rings is 1. The molecule has 1 amide bonds. The second-order valence-corrected chi connectivity index (χ2v) is 9.78. The number of rotatable bonds is 1. The average molecular weight is 360 g/mol. The minimum Gasteiger partial charge on any atom is -0.469 e. The molecule has 0 bridgehead atoms. The van der Waals surface area contributed by atoms with Crippen molar-refractivity contribution in [1.82, 2.24) is 4.90 Å². The van der Waals surface area contributed by atoms with E-state index in [4.69, 9.17) is 4.74 Å². The van der Waals surface area contributed by atoms with Gasteiger partial charge in [0.1, 0.15) is 0 Å². The normalized spacial score (nSPS) is 45.1. The highest BCUT2D eigenvalue weighted by atomic mass is 16.5. The smallest absolute Gasteiger partial charge is 0.309 e. The number of nitrogens with zero attached hydrogens (tertiary/aromatic N) is 1. The van der Waals surface area contributed by atoms with Crippen LogP contribution < -0.4 is 0 Å². The van der Waals surface area contributed by atoms with Crippen LogP contribution >= 0.6 is 0 Å². The fourth-order valence-corrected chi connectivity index (χ4v) is 7.64. The minimum absolute atomic E-state index is 0.00794. The van der Waals surface area contributed by atoms with E-state index < -0.39 is 0 Å². The van der Waals surface area contributed by atoms with Gasteiger partial charge in [-0.25, -0.2) is 0 Å². The average Bonchev–Trinajstić information content (AvgIpc) is 2.95. The molecule has 3 aliphatic carbocycles. The lowest BCUT2D eigenvalue weighted by atomic mass is 9.48. The maximum Gasteiger partial charge on any atom is 0.309 e. The zero-order valence-electron chi connectivity index (χ0n) is 16.9. The van der Waals surface area contributed by atoms with Gasteiger partial charge >= 0.3 is 5.97 Å². The topological polar surface area (TPSA) is 46.6 Å². The van der Waals surface area contributed by atoms with E-state index in [1.165, 1.54) is 24.8 Å². The molecular formula is C22H33NO3. The van der Waals surface area contributed by atoms with Crippen molar-refractivity contribution in [3.05, 3.63) is 11.3 Å². The van der Waals surface area contributed by atoms with Gasteiger partial charge in [0.15, 0.2) is 0 Å². The van der Waals surface area contributed by atoms with Crippen LogP contribution in [0.15, 0.2) is 11.3 Å². The quantitative estimate of drug-likeness (QED) is 0.661. The van der Waals surface area contributed by atoms with Crippen LogP contribution in [0.5, 0.6) is 0 Å². The lowest BCUT2D eigenvalue weighted by Crippen LogP contribution is -2.54. The van der Waals surface area contributed by atoms with E-state index in [0.717, 1.165) is 32.1 Å². The Kier molecular flexibility index (Phi) is 4.06. The predicted octanol–water partition coefficient (Wildman–Crippen LogP) is 4.15. The summed E-state index contributed by atoms with van der Waals surface area (Å²) < 4.78 is 5.14. The summed E-state index contributed by atoms with van der Waals surface area (Å²) in [6.45, 7) is 6.98. The van der Waals surface area contributed by atoms with E-state index in [-0.39, 0.29) is 28.6 Å². The third-order valence-corrected chi connectivity index (χ3v) is 8.80. The Labute approximate surface area is 157 Å². The van der Waals surface area contributed by atoms with Crippen molar-refractivity contribution < 1.29 is 14.3 Å². The number of carbonyl (C=O) groups is 2. The second-order valence-electron chi connectivity index (χ2n) is 9.78. The Bertz CT molecular complexity index is 683. The third kappa shape index (κ3) is 2.20. The standard InChI is InChI=1S/C22H33NO3/c1-13-12-14-15-6-7-17(20(25)26-5)21(15,2)10-8-16(14)22(3)11-9-18(24)23(4)19(13)22/h14-17H,6-12H2,1-5H3/t14-,15-,16-,17+,21-,22+/m0/s1. The van der Waals surface area contributed by atoms with Gasteiger partial charge in [-0.1, -0.05) is 19.4 Å². The zero-order chi connectivity index (χ0) is 18.9. The van der Waals surface area contributed by atoms with E-state index in [0.29, 0.717) is 24.2 Å². The van der Waals surface area contributed by atoms with Gasteiger partial charge in [0, 0.05) is 24.6 Å². The summed E-state index contributed by atoms with van der Waals surface area (Å²) in [5, 5.41) is 0. The van der Waals surface area contributed by atoms with E-state index in [1.807, 2.05) is 11.9 Å². The molecule has 1 heterocycles. The van der Waals surface area contributed by atoms with Gasteiger partial charge in [-0.15, -0.1) is 0 Å². The van der Waals surface area contributed by atoms with Gasteiger partial charge in [0.2, 0.25) is 5.91 Å². The summed E-state index contributed by atoms with van der Waals surface area (Å²) in [5.74, 6) is 2.19. The number of methoxy groups -OCH3 is 1. The number of esters is 1. The van der Waals surface area contributed by atoms with Crippen molar-refractivity contribution in [2.24, 2.45) is 34.5 Å². The van der Waals surface area contributed by atoms with E-state index in [1.54, 1.807) is 0 Å². The maximum atomic E-state index is 12.4. The lowest BCUT2D eigenvalue weighted by Gasteiger charge is -2.59. The molecule has 1 aliphatic heterocycles. The number of carbonyl (C=O) groups excluding carboxylic acids is 2. The highest BCUT2D eigenvalue weighted by Crippen LogP contribution is 2.66. The second kappa shape index (κ2) is 5.84. The molecule has 6 atom stereocenters. The van der Waals surface area contributed by atoms with Gasteiger partial charge in [-0.05, 0) is 68.6 Å². The van der Waals surface area contributed by atoms with Crippen LogP contribution in [0, 0.1) is 34.5 Å². The Balaban J connectivity index is 1.72. The van der Waals surface area contributed by atoms with E-state index in [2.05, 4.69) is 20.8 Å². The molecule has 144 valence electrons. The highest BCUT2D eigenvalue weighted by Gasteiger charge is 2.61. The summed E-state index contributed by atoms with van der Waals surface area (Å²) >= 11 is 0. The van der Waals surface area contributed by atoms with Gasteiger partial charge in [0.25, 0.3) is 0 Å². The maximum absolute atomic E-state index is 12.4. The molecule has 26 heavy (non-hydrogen) atoms. The lowest BCUT2D eigenvalue weighted by molar-refractivity contribution is -0.153. The van der Waals surface area contributed by atoms with Crippen molar-refractivity contribution >= 4 is 11.9 Å². The van der Waals surface area contributed by atoms with Gasteiger partial charge in [0.05, 0.1) is 13.0 Å². The fraction of sp³-hybridized carbons (Fsp3) is 0.818. The van der Waals surface area contributed by atoms with Crippen LogP contribution in [0.3, 0.4) is 0 Å². The molecule has 4 aliphatic rings. The van der Waals surface area contributed by atoms with Crippen LogP contribution in [0.2, 0.25) is 0 Å². The number of hydrogen-bond donors (Lipinski definition) is 0. The Morgan fingerprint density at radius 1 is 1.15 bits per heavy atom. The monoisotopic (exact) mass is 359 g/mol. The first-order valence-corrected chi connectivity index (χ1v) is 10.3. The number of fused-ring (bicyclic) bond motifs is 5. The Morgan fingerprint density at radius 2 is 1.88 bits per heavy atom. The SMILES string of the molecule is COC(=O)[C@H]1CC[C@H]2[C@@H]3CC(C)=C4N(C)C(=O)CC[C@]4(C)[C@H]3CC[C@]12C.